The lowest BCUT2D eigenvalue weighted by atomic mass is 10.5. The maximum atomic E-state index is 11.5. The monoisotopic (exact) mass is 273 g/mol. The Hall–Kier alpha value is -0.750. The molecule has 14 heavy (non-hydrogen) atoms. The quantitative estimate of drug-likeness (QED) is 0.782. The first kappa shape index (κ1) is 9.79. The lowest BCUT2D eigenvalue weighted by Crippen LogP contribution is -2.14. The van der Waals surface area contributed by atoms with Gasteiger partial charge in [0.25, 0.3) is 5.56 Å². The van der Waals surface area contributed by atoms with Crippen molar-refractivity contribution in [3.05, 3.63) is 27.1 Å². The van der Waals surface area contributed by atoms with Gasteiger partial charge in [0.2, 0.25) is 4.96 Å². The zero-order valence-electron chi connectivity index (χ0n) is 7.53. The molecule has 0 aromatic carbocycles. The Balaban J connectivity index is 2.73. The van der Waals surface area contributed by atoms with E-state index in [4.69, 9.17) is 0 Å². The van der Waals surface area contributed by atoms with E-state index in [-0.39, 0.29) is 5.56 Å². The van der Waals surface area contributed by atoms with Crippen LogP contribution in [-0.4, -0.2) is 14.6 Å². The van der Waals surface area contributed by atoms with Crippen LogP contribution in [0.15, 0.2) is 10.9 Å². The summed E-state index contributed by atoms with van der Waals surface area (Å²) in [5.74, 6) is 0. The molecule has 74 valence electrons. The molecule has 0 saturated heterocycles. The maximum Gasteiger partial charge on any atom is 0.275 e. The lowest BCUT2D eigenvalue weighted by molar-refractivity contribution is 0.852. The first-order valence-electron chi connectivity index (χ1n) is 4.19. The third-order valence-corrected chi connectivity index (χ3v) is 3.41. The summed E-state index contributed by atoms with van der Waals surface area (Å²) >= 11 is 4.74. The highest BCUT2D eigenvalue weighted by atomic mass is 79.9. The first-order chi connectivity index (χ1) is 6.74. The van der Waals surface area contributed by atoms with Gasteiger partial charge in [0.15, 0.2) is 0 Å². The predicted octanol–water partition coefficient (Wildman–Crippen LogP) is 1.61. The highest BCUT2D eigenvalue weighted by Gasteiger charge is 2.06. The van der Waals surface area contributed by atoms with Gasteiger partial charge in [-0.2, -0.15) is 9.61 Å². The molecule has 2 aromatic rings. The number of halogens is 1. The molecule has 0 aliphatic heterocycles. The molecule has 6 heteroatoms. The van der Waals surface area contributed by atoms with Gasteiger partial charge >= 0.3 is 0 Å². The van der Waals surface area contributed by atoms with Gasteiger partial charge in [0, 0.05) is 11.4 Å². The van der Waals surface area contributed by atoms with E-state index in [2.05, 4.69) is 26.0 Å². The van der Waals surface area contributed by atoms with Crippen LogP contribution in [0.2, 0.25) is 0 Å². The van der Waals surface area contributed by atoms with Crippen LogP contribution >= 0.6 is 27.3 Å². The van der Waals surface area contributed by atoms with Crippen molar-refractivity contribution in [3.63, 3.8) is 0 Å². The maximum absolute atomic E-state index is 11.5. The molecule has 0 spiro atoms. The van der Waals surface area contributed by atoms with E-state index in [1.54, 1.807) is 0 Å². The smallest absolute Gasteiger partial charge is 0.267 e. The van der Waals surface area contributed by atoms with Gasteiger partial charge in [-0.1, -0.05) is 34.2 Å². The van der Waals surface area contributed by atoms with E-state index in [0.29, 0.717) is 10.3 Å². The van der Waals surface area contributed by atoms with E-state index in [1.165, 1.54) is 21.9 Å². The van der Waals surface area contributed by atoms with Crippen LogP contribution in [0.1, 0.15) is 17.6 Å². The van der Waals surface area contributed by atoms with Gasteiger partial charge in [0.05, 0.1) is 5.69 Å². The Kier molecular flexibility index (Phi) is 2.64. The molecule has 0 fully saturated rings. The number of aryl methyl sites for hydroxylation is 1. The van der Waals surface area contributed by atoms with Crippen molar-refractivity contribution in [2.24, 2.45) is 0 Å². The van der Waals surface area contributed by atoms with Crippen LogP contribution in [0, 0.1) is 0 Å². The van der Waals surface area contributed by atoms with Crippen LogP contribution < -0.4 is 5.56 Å². The molecule has 0 radical (unpaired) electrons. The minimum atomic E-state index is -0.111. The largest absolute Gasteiger partial charge is 0.275 e. The van der Waals surface area contributed by atoms with E-state index in [0.717, 1.165) is 17.1 Å². The van der Waals surface area contributed by atoms with Crippen molar-refractivity contribution in [3.8, 4) is 0 Å². The molecule has 4 nitrogen and oxygen atoms in total. The summed E-state index contributed by atoms with van der Waals surface area (Å²) < 4.78 is 1.36. The molecule has 0 aliphatic rings. The molecule has 0 saturated carbocycles. The number of nitrogens with zero attached hydrogens (tertiary/aromatic N) is 3. The second-order valence-electron chi connectivity index (χ2n) is 2.76. The molecule has 2 aromatic heterocycles. The van der Waals surface area contributed by atoms with Crippen LogP contribution in [0.25, 0.3) is 4.96 Å². The zero-order chi connectivity index (χ0) is 10.1. The molecule has 0 atom stereocenters. The standard InChI is InChI=1S/C8H8BrN3OS/c1-2-6-11-12-7(13)3-5(4-9)10-8(12)14-6/h3H,2,4H2,1H3. The lowest BCUT2D eigenvalue weighted by Gasteiger charge is -1.92. The summed E-state index contributed by atoms with van der Waals surface area (Å²) in [4.78, 5) is 16.5. The van der Waals surface area contributed by atoms with Crippen LogP contribution in [0.4, 0.5) is 0 Å². The van der Waals surface area contributed by atoms with Crippen LogP contribution in [-0.2, 0) is 11.8 Å². The van der Waals surface area contributed by atoms with Crippen molar-refractivity contribution in [2.75, 3.05) is 0 Å². The SMILES string of the molecule is CCc1nn2c(=O)cc(CBr)nc2s1. The Morgan fingerprint density at radius 2 is 2.43 bits per heavy atom. The van der Waals surface area contributed by atoms with Crippen molar-refractivity contribution in [1.82, 2.24) is 14.6 Å². The minimum absolute atomic E-state index is 0.111. The summed E-state index contributed by atoms with van der Waals surface area (Å²) in [6, 6.07) is 1.50. The third-order valence-electron chi connectivity index (χ3n) is 1.78. The molecule has 0 bridgehead atoms. The molecule has 0 aliphatic carbocycles. The van der Waals surface area contributed by atoms with Gasteiger partial charge in [-0.3, -0.25) is 4.79 Å². The number of alkyl halides is 1. The Labute approximate surface area is 92.7 Å². The number of aromatic nitrogens is 3. The van der Waals surface area contributed by atoms with Gasteiger partial charge in [0.1, 0.15) is 5.01 Å². The van der Waals surface area contributed by atoms with E-state index >= 15 is 0 Å². The Morgan fingerprint density at radius 1 is 1.64 bits per heavy atom. The van der Waals surface area contributed by atoms with Crippen molar-refractivity contribution in [1.29, 1.82) is 0 Å². The normalized spacial score (nSPS) is 11.0. The van der Waals surface area contributed by atoms with Crippen LogP contribution in [0.3, 0.4) is 0 Å². The van der Waals surface area contributed by atoms with Crippen molar-refractivity contribution >= 4 is 32.2 Å². The van der Waals surface area contributed by atoms with Gasteiger partial charge in [-0.05, 0) is 6.42 Å². The van der Waals surface area contributed by atoms with Crippen LogP contribution in [0.5, 0.6) is 0 Å². The molecule has 2 rings (SSSR count). The first-order valence-corrected chi connectivity index (χ1v) is 6.13. The topological polar surface area (TPSA) is 47.3 Å². The number of hydrogen-bond acceptors (Lipinski definition) is 4. The van der Waals surface area contributed by atoms with Gasteiger partial charge in [-0.25, -0.2) is 4.98 Å². The third kappa shape index (κ3) is 1.59. The van der Waals surface area contributed by atoms with Crippen molar-refractivity contribution in [2.45, 2.75) is 18.7 Å². The second kappa shape index (κ2) is 3.78. The molecular weight excluding hydrogens is 266 g/mol. The second-order valence-corrected chi connectivity index (χ2v) is 4.36. The number of hydrogen-bond donors (Lipinski definition) is 0. The van der Waals surface area contributed by atoms with Gasteiger partial charge < -0.3 is 0 Å². The summed E-state index contributed by atoms with van der Waals surface area (Å²) in [6.45, 7) is 2.01. The number of rotatable bonds is 2. The highest BCUT2D eigenvalue weighted by molar-refractivity contribution is 9.08. The minimum Gasteiger partial charge on any atom is -0.267 e. The molecular formula is C8H8BrN3OS. The van der Waals surface area contributed by atoms with Crippen molar-refractivity contribution < 1.29 is 0 Å². The molecule has 0 unspecified atom stereocenters. The Bertz CT molecular complexity index is 519. The summed E-state index contributed by atoms with van der Waals surface area (Å²) in [7, 11) is 0. The van der Waals surface area contributed by atoms with E-state index < -0.39 is 0 Å². The Morgan fingerprint density at radius 3 is 3.07 bits per heavy atom. The summed E-state index contributed by atoms with van der Waals surface area (Å²) in [6.07, 6.45) is 0.830. The fourth-order valence-electron chi connectivity index (χ4n) is 1.11. The molecule has 0 amide bonds. The zero-order valence-corrected chi connectivity index (χ0v) is 9.93. The van der Waals surface area contributed by atoms with E-state index in [1.807, 2.05) is 6.92 Å². The average Bonchev–Trinajstić information content (AvgIpc) is 2.61. The number of fused-ring (bicyclic) bond motifs is 1. The van der Waals surface area contributed by atoms with Gasteiger partial charge in [-0.15, -0.1) is 0 Å². The summed E-state index contributed by atoms with van der Waals surface area (Å²) in [5, 5.41) is 5.68. The molecule has 0 N–H and O–H groups in total. The fraction of sp³-hybridized carbons (Fsp3) is 0.375. The molecule has 2 heterocycles. The highest BCUT2D eigenvalue weighted by Crippen LogP contribution is 2.12. The fourth-order valence-corrected chi connectivity index (χ4v) is 2.25. The summed E-state index contributed by atoms with van der Waals surface area (Å²) in [5.41, 5.74) is 0.640. The predicted molar refractivity (Wildman–Crippen MR) is 59.1 cm³/mol. The van der Waals surface area contributed by atoms with E-state index in [9.17, 15) is 4.79 Å². The average molecular weight is 274 g/mol.